The summed E-state index contributed by atoms with van der Waals surface area (Å²) < 4.78 is 68.3. The molecule has 0 aliphatic heterocycles. The molecule has 6 nitrogen and oxygen atoms in total. The molecule has 0 amide bonds. The van der Waals surface area contributed by atoms with Gasteiger partial charge in [-0.15, -0.1) is 11.3 Å². The monoisotopic (exact) mass is 495 g/mol. The number of hydrogen-bond donors (Lipinski definition) is 1. The zero-order valence-corrected chi connectivity index (χ0v) is 19.5. The number of halogens is 3. The maximum Gasteiger partial charge on any atom is 0.430 e. The summed E-state index contributed by atoms with van der Waals surface area (Å²) in [6.45, 7) is 1.63. The summed E-state index contributed by atoms with van der Waals surface area (Å²) in [6.07, 6.45) is -1.46. The van der Waals surface area contributed by atoms with Gasteiger partial charge in [-0.3, -0.25) is 0 Å². The van der Waals surface area contributed by atoms with Crippen LogP contribution in [0.3, 0.4) is 0 Å². The summed E-state index contributed by atoms with van der Waals surface area (Å²) in [7, 11) is -2.04. The highest BCUT2D eigenvalue weighted by molar-refractivity contribution is 7.90. The Morgan fingerprint density at radius 2 is 1.91 bits per heavy atom. The number of aliphatic imine (C=N–C) groups is 1. The Morgan fingerprint density at radius 1 is 1.21 bits per heavy atom. The zero-order valence-electron chi connectivity index (χ0n) is 17.8. The number of pyridine rings is 1. The summed E-state index contributed by atoms with van der Waals surface area (Å²) in [5, 5.41) is 1.70. The van der Waals surface area contributed by atoms with Gasteiger partial charge in [0.25, 0.3) is 0 Å². The number of aromatic nitrogens is 1. The van der Waals surface area contributed by atoms with Crippen molar-refractivity contribution < 1.29 is 26.3 Å². The molecule has 2 N–H and O–H groups in total. The standard InChI is InChI=1S/C22H20F3N3O3S2/c1-13-8-14(11-27-21(13)33(3,29)30)15-9-19(32-12-15)17(10-20(26)22(23,24)25)28-16-6-4-5-7-18(16)31-2/h4-12H,26H2,1-3H3. The van der Waals surface area contributed by atoms with Gasteiger partial charge in [-0.2, -0.15) is 13.2 Å². The lowest BCUT2D eigenvalue weighted by Gasteiger charge is -2.09. The summed E-state index contributed by atoms with van der Waals surface area (Å²) in [5.41, 5.74) is 6.05. The lowest BCUT2D eigenvalue weighted by Crippen LogP contribution is -2.20. The Bertz CT molecular complexity index is 1340. The van der Waals surface area contributed by atoms with Crippen LogP contribution in [-0.2, 0) is 9.84 Å². The second kappa shape index (κ2) is 9.36. The SMILES string of the molecule is COc1ccccc1N=C(C=C(N)C(F)(F)F)c1cc(-c2cnc(S(C)(=O)=O)c(C)c2)cs1. The minimum Gasteiger partial charge on any atom is -0.494 e. The molecule has 3 aromatic rings. The van der Waals surface area contributed by atoms with Crippen molar-refractivity contribution in [2.75, 3.05) is 13.4 Å². The van der Waals surface area contributed by atoms with Crippen LogP contribution in [0, 0.1) is 6.92 Å². The molecule has 1 aromatic carbocycles. The molecule has 33 heavy (non-hydrogen) atoms. The Hall–Kier alpha value is -3.18. The number of nitrogens with two attached hydrogens (primary N) is 1. The molecule has 11 heteroatoms. The largest absolute Gasteiger partial charge is 0.494 e. The van der Waals surface area contributed by atoms with Gasteiger partial charge in [0.15, 0.2) is 14.9 Å². The Morgan fingerprint density at radius 3 is 2.52 bits per heavy atom. The average Bonchev–Trinajstić information content (AvgIpc) is 3.22. The number of ether oxygens (including phenoxy) is 1. The first-order valence-corrected chi connectivity index (χ1v) is 12.2. The molecule has 2 aromatic heterocycles. The first-order chi connectivity index (χ1) is 15.4. The van der Waals surface area contributed by atoms with Crippen molar-refractivity contribution in [3.63, 3.8) is 0 Å². The molecule has 0 aliphatic rings. The topological polar surface area (TPSA) is 94.6 Å². The van der Waals surface area contributed by atoms with Gasteiger partial charge in [-0.05, 0) is 53.8 Å². The summed E-state index contributed by atoms with van der Waals surface area (Å²) in [4.78, 5) is 8.84. The lowest BCUT2D eigenvalue weighted by atomic mass is 10.1. The molecular weight excluding hydrogens is 475 g/mol. The fourth-order valence-electron chi connectivity index (χ4n) is 2.97. The van der Waals surface area contributed by atoms with Gasteiger partial charge in [0, 0.05) is 18.0 Å². The van der Waals surface area contributed by atoms with Crippen molar-refractivity contribution in [1.82, 2.24) is 4.98 Å². The fraction of sp³-hybridized carbons (Fsp3) is 0.182. The number of thiophene rings is 1. The Labute approximate surface area is 193 Å². The fourth-order valence-corrected chi connectivity index (χ4v) is 4.74. The van der Waals surface area contributed by atoms with Gasteiger partial charge in [0.2, 0.25) is 0 Å². The summed E-state index contributed by atoms with van der Waals surface area (Å²) >= 11 is 1.17. The third-order valence-corrected chi connectivity index (χ3v) is 6.59. The molecule has 2 heterocycles. The van der Waals surface area contributed by atoms with E-state index in [9.17, 15) is 21.6 Å². The lowest BCUT2D eigenvalue weighted by molar-refractivity contribution is -0.0925. The van der Waals surface area contributed by atoms with Gasteiger partial charge in [-0.1, -0.05) is 12.1 Å². The second-order valence-electron chi connectivity index (χ2n) is 7.08. The minimum absolute atomic E-state index is 0.00279. The molecule has 174 valence electrons. The molecule has 0 unspecified atom stereocenters. The molecule has 0 saturated carbocycles. The van der Waals surface area contributed by atoms with Crippen LogP contribution in [0.2, 0.25) is 0 Å². The zero-order chi connectivity index (χ0) is 24.4. The number of sulfone groups is 1. The molecule has 0 atom stereocenters. The van der Waals surface area contributed by atoms with E-state index in [2.05, 4.69) is 9.98 Å². The molecule has 0 fully saturated rings. The van der Waals surface area contributed by atoms with E-state index < -0.39 is 21.7 Å². The van der Waals surface area contributed by atoms with Gasteiger partial charge < -0.3 is 10.5 Å². The third kappa shape index (κ3) is 5.79. The van der Waals surface area contributed by atoms with Crippen molar-refractivity contribution in [3.05, 3.63) is 70.2 Å². The third-order valence-electron chi connectivity index (χ3n) is 4.51. The highest BCUT2D eigenvalue weighted by Crippen LogP contribution is 2.32. The van der Waals surface area contributed by atoms with Crippen LogP contribution in [-0.4, -0.2) is 38.7 Å². The van der Waals surface area contributed by atoms with Crippen LogP contribution < -0.4 is 10.5 Å². The van der Waals surface area contributed by atoms with Gasteiger partial charge in [-0.25, -0.2) is 18.4 Å². The van der Waals surface area contributed by atoms with Crippen LogP contribution in [0.1, 0.15) is 10.4 Å². The Kier molecular flexibility index (Phi) is 6.94. The van der Waals surface area contributed by atoms with Crippen molar-refractivity contribution in [3.8, 4) is 16.9 Å². The van der Waals surface area contributed by atoms with E-state index in [1.165, 1.54) is 24.6 Å². The van der Waals surface area contributed by atoms with E-state index in [4.69, 9.17) is 10.5 Å². The van der Waals surface area contributed by atoms with Crippen LogP contribution >= 0.6 is 11.3 Å². The van der Waals surface area contributed by atoms with Crippen LogP contribution in [0.25, 0.3) is 11.1 Å². The molecule has 0 aliphatic carbocycles. The number of nitrogens with zero attached hydrogens (tertiary/aromatic N) is 2. The van der Waals surface area contributed by atoms with Crippen molar-refractivity contribution in [1.29, 1.82) is 0 Å². The number of hydrogen-bond acceptors (Lipinski definition) is 7. The number of allylic oxidation sites excluding steroid dienone is 2. The predicted octanol–water partition coefficient (Wildman–Crippen LogP) is 5.06. The van der Waals surface area contributed by atoms with E-state index >= 15 is 0 Å². The Balaban J connectivity index is 2.10. The summed E-state index contributed by atoms with van der Waals surface area (Å²) in [6, 6.07) is 9.97. The van der Waals surface area contributed by atoms with E-state index in [1.807, 2.05) is 0 Å². The highest BCUT2D eigenvalue weighted by Gasteiger charge is 2.32. The average molecular weight is 496 g/mol. The quantitative estimate of drug-likeness (QED) is 0.483. The van der Waals surface area contributed by atoms with E-state index in [0.717, 1.165) is 12.3 Å². The van der Waals surface area contributed by atoms with Gasteiger partial charge in [0.1, 0.15) is 17.1 Å². The van der Waals surface area contributed by atoms with Crippen molar-refractivity contribution in [2.24, 2.45) is 10.7 Å². The van der Waals surface area contributed by atoms with E-state index in [-0.39, 0.29) is 10.7 Å². The smallest absolute Gasteiger partial charge is 0.430 e. The van der Waals surface area contributed by atoms with Crippen LogP contribution in [0.4, 0.5) is 18.9 Å². The maximum absolute atomic E-state index is 13.1. The predicted molar refractivity (Wildman–Crippen MR) is 123 cm³/mol. The number of aryl methyl sites for hydroxylation is 1. The molecule has 0 spiro atoms. The highest BCUT2D eigenvalue weighted by atomic mass is 32.2. The second-order valence-corrected chi connectivity index (χ2v) is 9.93. The summed E-state index contributed by atoms with van der Waals surface area (Å²) in [5.74, 6) is 0.391. The number of benzene rings is 1. The molecule has 0 radical (unpaired) electrons. The molecule has 0 bridgehead atoms. The van der Waals surface area contributed by atoms with Crippen molar-refractivity contribution >= 4 is 32.6 Å². The normalized spacial score (nSPS) is 13.3. The first kappa shape index (κ1) is 24.5. The molecule has 3 rings (SSSR count). The minimum atomic E-state index is -4.72. The molecule has 0 saturated heterocycles. The number of rotatable bonds is 6. The van der Waals surface area contributed by atoms with E-state index in [0.29, 0.717) is 33.0 Å². The van der Waals surface area contributed by atoms with Crippen LogP contribution in [0.15, 0.2) is 69.8 Å². The maximum atomic E-state index is 13.1. The van der Waals surface area contributed by atoms with Crippen molar-refractivity contribution in [2.45, 2.75) is 18.1 Å². The van der Waals surface area contributed by atoms with Gasteiger partial charge in [0.05, 0.1) is 17.7 Å². The van der Waals surface area contributed by atoms with Crippen LogP contribution in [0.5, 0.6) is 5.75 Å². The number of para-hydroxylation sites is 2. The van der Waals surface area contributed by atoms with Gasteiger partial charge >= 0.3 is 6.18 Å². The number of alkyl halides is 3. The van der Waals surface area contributed by atoms with E-state index in [1.54, 1.807) is 48.7 Å². The molecular formula is C22H20F3N3O3S2. The first-order valence-electron chi connectivity index (χ1n) is 9.42. The number of methoxy groups -OCH3 is 1.